The normalized spacial score (nSPS) is 13.2. The van der Waals surface area contributed by atoms with Gasteiger partial charge in [-0.05, 0) is 25.0 Å². The molecule has 0 aliphatic carbocycles. The molecule has 1 aromatic rings. The number of hydrogen-bond acceptors (Lipinski definition) is 2. The quantitative estimate of drug-likeness (QED) is 0.624. The Hall–Kier alpha value is -1.23. The fourth-order valence-corrected chi connectivity index (χ4v) is 1.64. The van der Waals surface area contributed by atoms with Gasteiger partial charge in [0, 0.05) is 0 Å². The van der Waals surface area contributed by atoms with Crippen molar-refractivity contribution in [3.63, 3.8) is 0 Å². The molecule has 0 saturated heterocycles. The highest BCUT2D eigenvalue weighted by Gasteiger charge is 2.30. The van der Waals surface area contributed by atoms with Gasteiger partial charge < -0.3 is 4.74 Å². The average molecular weight is 281 g/mol. The van der Waals surface area contributed by atoms with Crippen LogP contribution in [0.4, 0.5) is 13.2 Å². The van der Waals surface area contributed by atoms with Crippen molar-refractivity contribution in [3.8, 4) is 0 Å². The van der Waals surface area contributed by atoms with E-state index in [9.17, 15) is 18.0 Å². The molecule has 0 N–H and O–H groups in total. The Balaban J connectivity index is 2.76. The van der Waals surface area contributed by atoms with Gasteiger partial charge >= 0.3 is 12.1 Å². The molecule has 6 heteroatoms. The van der Waals surface area contributed by atoms with Gasteiger partial charge in [-0.1, -0.05) is 18.2 Å². The van der Waals surface area contributed by atoms with Crippen LogP contribution < -0.4 is 0 Å². The second kappa shape index (κ2) is 6.09. The molecule has 0 aliphatic rings. The van der Waals surface area contributed by atoms with E-state index in [0.29, 0.717) is 5.56 Å². The van der Waals surface area contributed by atoms with Crippen LogP contribution in [-0.2, 0) is 22.1 Å². The molecule has 1 unspecified atom stereocenters. The third-order valence-corrected chi connectivity index (χ3v) is 2.54. The fourth-order valence-electron chi connectivity index (χ4n) is 1.40. The Morgan fingerprint density at radius 2 is 2.11 bits per heavy atom. The molecule has 0 fully saturated rings. The summed E-state index contributed by atoms with van der Waals surface area (Å²) in [5.74, 6) is -0.628. The highest BCUT2D eigenvalue weighted by Crippen LogP contribution is 2.29. The molecular formula is C12H12ClF3O2. The van der Waals surface area contributed by atoms with E-state index >= 15 is 0 Å². The highest BCUT2D eigenvalue weighted by atomic mass is 35.5. The molecule has 1 atom stereocenters. The molecule has 0 heterocycles. The molecule has 1 rings (SSSR count). The van der Waals surface area contributed by atoms with Crippen LogP contribution in [0.15, 0.2) is 24.3 Å². The van der Waals surface area contributed by atoms with E-state index in [1.807, 2.05) is 0 Å². The van der Waals surface area contributed by atoms with Gasteiger partial charge in [0.1, 0.15) is 5.38 Å². The van der Waals surface area contributed by atoms with Crippen LogP contribution in [0, 0.1) is 0 Å². The number of carbonyl (C=O) groups is 1. The van der Waals surface area contributed by atoms with Crippen molar-refractivity contribution >= 4 is 17.6 Å². The van der Waals surface area contributed by atoms with E-state index in [4.69, 9.17) is 11.6 Å². The maximum absolute atomic E-state index is 12.5. The third-order valence-electron chi connectivity index (χ3n) is 2.21. The minimum absolute atomic E-state index is 0.00427. The Labute approximate surface area is 108 Å². The van der Waals surface area contributed by atoms with Crippen molar-refractivity contribution in [2.75, 3.05) is 6.61 Å². The van der Waals surface area contributed by atoms with Crippen molar-refractivity contribution < 1.29 is 22.7 Å². The molecule has 0 amide bonds. The van der Waals surface area contributed by atoms with Gasteiger partial charge in [0.05, 0.1) is 12.2 Å². The maximum Gasteiger partial charge on any atom is 0.416 e. The number of benzene rings is 1. The minimum atomic E-state index is -4.40. The number of ether oxygens (including phenoxy) is 1. The summed E-state index contributed by atoms with van der Waals surface area (Å²) in [4.78, 5) is 11.3. The third kappa shape index (κ3) is 4.22. The minimum Gasteiger partial charge on any atom is -0.465 e. The first-order chi connectivity index (χ1) is 8.34. The fraction of sp³-hybridized carbons (Fsp3) is 0.417. The van der Waals surface area contributed by atoms with Gasteiger partial charge in [0.25, 0.3) is 0 Å². The number of esters is 1. The van der Waals surface area contributed by atoms with Crippen LogP contribution >= 0.6 is 11.6 Å². The van der Waals surface area contributed by atoms with Crippen LogP contribution in [0.2, 0.25) is 0 Å². The smallest absolute Gasteiger partial charge is 0.416 e. The van der Waals surface area contributed by atoms with Gasteiger partial charge in [-0.3, -0.25) is 4.79 Å². The summed E-state index contributed by atoms with van der Waals surface area (Å²) in [5, 5.41) is -0.978. The van der Waals surface area contributed by atoms with Crippen molar-refractivity contribution in [1.29, 1.82) is 0 Å². The van der Waals surface area contributed by atoms with Crippen molar-refractivity contribution in [2.24, 2.45) is 0 Å². The lowest BCUT2D eigenvalue weighted by molar-refractivity contribution is -0.142. The van der Waals surface area contributed by atoms with Crippen LogP contribution in [0.1, 0.15) is 18.1 Å². The van der Waals surface area contributed by atoms with Crippen LogP contribution in [0.25, 0.3) is 0 Å². The number of halogens is 4. The van der Waals surface area contributed by atoms with Gasteiger partial charge in [0.2, 0.25) is 0 Å². The molecule has 0 saturated carbocycles. The summed E-state index contributed by atoms with van der Waals surface area (Å²) in [5.41, 5.74) is -0.411. The summed E-state index contributed by atoms with van der Waals surface area (Å²) in [6.07, 6.45) is -4.40. The maximum atomic E-state index is 12.5. The second-order valence-electron chi connectivity index (χ2n) is 3.62. The Morgan fingerprint density at radius 1 is 1.44 bits per heavy atom. The molecule has 0 spiro atoms. The summed E-state index contributed by atoms with van der Waals surface area (Å²) in [6, 6.07) is 4.72. The summed E-state index contributed by atoms with van der Waals surface area (Å²) < 4.78 is 42.1. The zero-order valence-corrected chi connectivity index (χ0v) is 10.4. The summed E-state index contributed by atoms with van der Waals surface area (Å²) in [6.45, 7) is 1.82. The Bertz CT molecular complexity index is 418. The lowest BCUT2D eigenvalue weighted by Crippen LogP contribution is -2.20. The Kier molecular flexibility index (Phi) is 5.02. The molecular weight excluding hydrogens is 269 g/mol. The van der Waals surface area contributed by atoms with Crippen molar-refractivity contribution in [1.82, 2.24) is 0 Å². The number of rotatable bonds is 4. The van der Waals surface area contributed by atoms with Crippen molar-refractivity contribution in [3.05, 3.63) is 35.4 Å². The molecule has 0 aliphatic heterocycles. The zero-order valence-electron chi connectivity index (χ0n) is 9.63. The molecule has 2 nitrogen and oxygen atoms in total. The largest absolute Gasteiger partial charge is 0.465 e. The number of hydrogen-bond donors (Lipinski definition) is 0. The molecule has 0 radical (unpaired) electrons. The average Bonchev–Trinajstić information content (AvgIpc) is 2.28. The zero-order chi connectivity index (χ0) is 13.8. The van der Waals surface area contributed by atoms with E-state index in [1.54, 1.807) is 6.92 Å². The first kappa shape index (κ1) is 14.8. The lowest BCUT2D eigenvalue weighted by atomic mass is 10.1. The lowest BCUT2D eigenvalue weighted by Gasteiger charge is -2.11. The molecule has 0 aromatic heterocycles. The highest BCUT2D eigenvalue weighted by molar-refractivity contribution is 6.30. The van der Waals surface area contributed by atoms with E-state index < -0.39 is 23.1 Å². The first-order valence-electron chi connectivity index (χ1n) is 5.31. The van der Waals surface area contributed by atoms with Crippen LogP contribution in [0.5, 0.6) is 0 Å². The molecule has 100 valence electrons. The monoisotopic (exact) mass is 280 g/mol. The van der Waals surface area contributed by atoms with Gasteiger partial charge in [0.15, 0.2) is 0 Å². The van der Waals surface area contributed by atoms with E-state index in [1.165, 1.54) is 12.1 Å². The second-order valence-corrected chi connectivity index (χ2v) is 4.15. The topological polar surface area (TPSA) is 26.3 Å². The van der Waals surface area contributed by atoms with Gasteiger partial charge in [-0.25, -0.2) is 0 Å². The van der Waals surface area contributed by atoms with Crippen LogP contribution in [0.3, 0.4) is 0 Å². The molecule has 1 aromatic carbocycles. The molecule has 18 heavy (non-hydrogen) atoms. The predicted octanol–water partition coefficient (Wildman–Crippen LogP) is 3.42. The Morgan fingerprint density at radius 3 is 2.67 bits per heavy atom. The summed E-state index contributed by atoms with van der Waals surface area (Å²) in [7, 11) is 0. The predicted molar refractivity (Wildman–Crippen MR) is 61.4 cm³/mol. The standard InChI is InChI=1S/C12H12ClF3O2/c1-2-18-11(17)10(13)7-8-4-3-5-9(6-8)12(14,15)16/h3-6,10H,2,7H2,1H3. The SMILES string of the molecule is CCOC(=O)C(Cl)Cc1cccc(C(F)(F)F)c1. The first-order valence-corrected chi connectivity index (χ1v) is 5.75. The van der Waals surface area contributed by atoms with Crippen molar-refractivity contribution in [2.45, 2.75) is 24.9 Å². The van der Waals surface area contributed by atoms with Gasteiger partial charge in [-0.2, -0.15) is 13.2 Å². The summed E-state index contributed by atoms with van der Waals surface area (Å²) >= 11 is 5.76. The van der Waals surface area contributed by atoms with E-state index in [0.717, 1.165) is 12.1 Å². The van der Waals surface area contributed by atoms with E-state index in [-0.39, 0.29) is 13.0 Å². The number of carbonyl (C=O) groups excluding carboxylic acids is 1. The van der Waals surface area contributed by atoms with E-state index in [2.05, 4.69) is 4.74 Å². The van der Waals surface area contributed by atoms with Crippen LogP contribution in [-0.4, -0.2) is 18.0 Å². The number of alkyl halides is 4. The van der Waals surface area contributed by atoms with Gasteiger partial charge in [-0.15, -0.1) is 11.6 Å². The molecule has 0 bridgehead atoms.